The number of ether oxygens (including phenoxy) is 2. The van der Waals surface area contributed by atoms with E-state index in [1.807, 2.05) is 0 Å². The first-order valence-electron chi connectivity index (χ1n) is 15.4. The van der Waals surface area contributed by atoms with Crippen molar-refractivity contribution in [1.29, 1.82) is 0 Å². The molecule has 1 atom stereocenters. The number of rotatable bonds is 28. The molecule has 0 aromatic heterocycles. The fraction of sp³-hybridized carbons (Fsp3) is 0.844. The van der Waals surface area contributed by atoms with Gasteiger partial charge in [-0.1, -0.05) is 122 Å². The third-order valence-electron chi connectivity index (χ3n) is 6.53. The summed E-state index contributed by atoms with van der Waals surface area (Å²) in [4.78, 5) is 11.8. The molecule has 0 spiro atoms. The standard InChI is InChI=1S/C32H60O4/c1-3-5-7-9-10-11-12-13-14-15-16-17-18-19-20-21-22-23-24-26-28-35-30-31(29-33)36-32(34)27-25-8-6-4-2/h10-11,13-14,31,33H,3-9,12,15-30H2,1-2H3/b11-10-,14-13-. The number of aliphatic hydroxyl groups excluding tert-OH is 1. The number of aliphatic hydroxyl groups is 1. The third kappa shape index (κ3) is 27.5. The molecular weight excluding hydrogens is 448 g/mol. The number of hydrogen-bond donors (Lipinski definition) is 1. The van der Waals surface area contributed by atoms with Gasteiger partial charge in [-0.15, -0.1) is 0 Å². The zero-order chi connectivity index (χ0) is 26.4. The SMILES string of the molecule is CCCCC/C=C\C/C=C\CCCCCCCCCCCCOCC(CO)OC(=O)CCCCCC. The molecule has 0 bridgehead atoms. The smallest absolute Gasteiger partial charge is 0.306 e. The molecule has 0 heterocycles. The maximum Gasteiger partial charge on any atom is 0.306 e. The lowest BCUT2D eigenvalue weighted by molar-refractivity contribution is -0.154. The largest absolute Gasteiger partial charge is 0.457 e. The predicted octanol–water partition coefficient (Wildman–Crippen LogP) is 9.25. The van der Waals surface area contributed by atoms with E-state index in [4.69, 9.17) is 9.47 Å². The maximum atomic E-state index is 11.8. The van der Waals surface area contributed by atoms with Crippen LogP contribution in [0.15, 0.2) is 24.3 Å². The number of allylic oxidation sites excluding steroid dienone is 4. The van der Waals surface area contributed by atoms with Gasteiger partial charge in [-0.3, -0.25) is 4.79 Å². The van der Waals surface area contributed by atoms with Crippen LogP contribution in [0.5, 0.6) is 0 Å². The Bertz CT molecular complexity index is 500. The lowest BCUT2D eigenvalue weighted by atomic mass is 10.1. The van der Waals surface area contributed by atoms with Crippen molar-refractivity contribution in [2.45, 2.75) is 155 Å². The van der Waals surface area contributed by atoms with E-state index >= 15 is 0 Å². The highest BCUT2D eigenvalue weighted by molar-refractivity contribution is 5.69. The van der Waals surface area contributed by atoms with Crippen molar-refractivity contribution in [3.05, 3.63) is 24.3 Å². The van der Waals surface area contributed by atoms with E-state index in [0.29, 0.717) is 19.6 Å². The Morgan fingerprint density at radius 2 is 1.17 bits per heavy atom. The molecule has 0 radical (unpaired) electrons. The topological polar surface area (TPSA) is 55.8 Å². The van der Waals surface area contributed by atoms with E-state index in [9.17, 15) is 9.90 Å². The van der Waals surface area contributed by atoms with E-state index < -0.39 is 6.10 Å². The second kappa shape index (κ2) is 30.1. The first-order chi connectivity index (χ1) is 17.7. The van der Waals surface area contributed by atoms with Crippen LogP contribution in [0.2, 0.25) is 0 Å². The summed E-state index contributed by atoms with van der Waals surface area (Å²) in [5.74, 6) is -0.220. The Balaban J connectivity index is 3.35. The van der Waals surface area contributed by atoms with E-state index in [2.05, 4.69) is 38.2 Å². The molecule has 0 saturated carbocycles. The molecule has 0 saturated heterocycles. The number of carbonyl (C=O) groups excluding carboxylic acids is 1. The van der Waals surface area contributed by atoms with E-state index in [1.165, 1.54) is 89.9 Å². The second-order valence-corrected chi connectivity index (χ2v) is 10.2. The summed E-state index contributed by atoms with van der Waals surface area (Å²) in [5, 5.41) is 9.39. The minimum Gasteiger partial charge on any atom is -0.457 e. The average molecular weight is 509 g/mol. The molecule has 0 fully saturated rings. The van der Waals surface area contributed by atoms with Crippen molar-refractivity contribution >= 4 is 5.97 Å². The molecular formula is C32H60O4. The van der Waals surface area contributed by atoms with E-state index in [-0.39, 0.29) is 12.6 Å². The monoisotopic (exact) mass is 508 g/mol. The molecule has 4 nitrogen and oxygen atoms in total. The molecule has 4 heteroatoms. The summed E-state index contributed by atoms with van der Waals surface area (Å²) >= 11 is 0. The van der Waals surface area contributed by atoms with Gasteiger partial charge >= 0.3 is 5.97 Å². The van der Waals surface area contributed by atoms with Crippen LogP contribution in [-0.4, -0.2) is 37.0 Å². The minimum atomic E-state index is -0.526. The van der Waals surface area contributed by atoms with Gasteiger partial charge in [0.1, 0.15) is 6.10 Å². The van der Waals surface area contributed by atoms with Crippen molar-refractivity contribution in [3.8, 4) is 0 Å². The van der Waals surface area contributed by atoms with Gasteiger partial charge < -0.3 is 14.6 Å². The van der Waals surface area contributed by atoms with Crippen molar-refractivity contribution in [3.63, 3.8) is 0 Å². The second-order valence-electron chi connectivity index (χ2n) is 10.2. The number of unbranched alkanes of at least 4 members (excludes halogenated alkanes) is 16. The van der Waals surface area contributed by atoms with Gasteiger partial charge in [0.2, 0.25) is 0 Å². The van der Waals surface area contributed by atoms with Crippen molar-refractivity contribution < 1.29 is 19.4 Å². The first kappa shape index (κ1) is 34.9. The summed E-state index contributed by atoms with van der Waals surface area (Å²) in [5.41, 5.74) is 0. The Labute approximate surface area is 224 Å². The van der Waals surface area contributed by atoms with Crippen LogP contribution in [-0.2, 0) is 14.3 Å². The molecule has 0 aliphatic rings. The fourth-order valence-corrected chi connectivity index (χ4v) is 4.18. The summed E-state index contributed by atoms with van der Waals surface area (Å²) in [6.45, 7) is 5.20. The number of hydrogen-bond acceptors (Lipinski definition) is 4. The fourth-order valence-electron chi connectivity index (χ4n) is 4.18. The average Bonchev–Trinajstić information content (AvgIpc) is 2.88. The molecule has 0 rings (SSSR count). The Morgan fingerprint density at radius 3 is 1.75 bits per heavy atom. The highest BCUT2D eigenvalue weighted by atomic mass is 16.6. The van der Waals surface area contributed by atoms with Crippen LogP contribution in [0.4, 0.5) is 0 Å². The first-order valence-corrected chi connectivity index (χ1v) is 15.4. The highest BCUT2D eigenvalue weighted by Crippen LogP contribution is 2.12. The maximum absolute atomic E-state index is 11.8. The van der Waals surface area contributed by atoms with Gasteiger partial charge in [-0.05, 0) is 44.9 Å². The molecule has 0 aliphatic heterocycles. The van der Waals surface area contributed by atoms with E-state index in [0.717, 1.165) is 38.5 Å². The summed E-state index contributed by atoms with van der Waals surface area (Å²) < 4.78 is 10.9. The minimum absolute atomic E-state index is 0.172. The van der Waals surface area contributed by atoms with Gasteiger partial charge in [0.15, 0.2) is 0 Å². The van der Waals surface area contributed by atoms with Gasteiger partial charge in [-0.2, -0.15) is 0 Å². The molecule has 1 N–H and O–H groups in total. The van der Waals surface area contributed by atoms with Gasteiger partial charge in [0, 0.05) is 13.0 Å². The lowest BCUT2D eigenvalue weighted by Gasteiger charge is -2.15. The normalized spacial score (nSPS) is 12.6. The van der Waals surface area contributed by atoms with Crippen LogP contribution in [0.1, 0.15) is 149 Å². The highest BCUT2D eigenvalue weighted by Gasteiger charge is 2.13. The Morgan fingerprint density at radius 1 is 0.667 bits per heavy atom. The van der Waals surface area contributed by atoms with Crippen molar-refractivity contribution in [2.75, 3.05) is 19.8 Å². The van der Waals surface area contributed by atoms with Crippen LogP contribution >= 0.6 is 0 Å². The third-order valence-corrected chi connectivity index (χ3v) is 6.53. The van der Waals surface area contributed by atoms with E-state index in [1.54, 1.807) is 0 Å². The van der Waals surface area contributed by atoms with Crippen LogP contribution in [0, 0.1) is 0 Å². The zero-order valence-electron chi connectivity index (χ0n) is 24.0. The molecule has 212 valence electrons. The van der Waals surface area contributed by atoms with Gasteiger partial charge in [-0.25, -0.2) is 0 Å². The summed E-state index contributed by atoms with van der Waals surface area (Å²) in [6.07, 6.45) is 33.9. The van der Waals surface area contributed by atoms with Crippen molar-refractivity contribution in [2.24, 2.45) is 0 Å². The molecule has 1 unspecified atom stereocenters. The van der Waals surface area contributed by atoms with Gasteiger partial charge in [0.05, 0.1) is 13.2 Å². The summed E-state index contributed by atoms with van der Waals surface area (Å²) in [6, 6.07) is 0. The molecule has 36 heavy (non-hydrogen) atoms. The molecule has 0 amide bonds. The molecule has 0 aromatic rings. The molecule has 0 aliphatic carbocycles. The van der Waals surface area contributed by atoms with Crippen LogP contribution in [0.25, 0.3) is 0 Å². The Kier molecular flexibility index (Phi) is 29.2. The van der Waals surface area contributed by atoms with Crippen LogP contribution in [0.3, 0.4) is 0 Å². The zero-order valence-corrected chi connectivity index (χ0v) is 24.0. The van der Waals surface area contributed by atoms with Gasteiger partial charge in [0.25, 0.3) is 0 Å². The number of esters is 1. The Hall–Kier alpha value is -1.13. The predicted molar refractivity (Wildman–Crippen MR) is 154 cm³/mol. The summed E-state index contributed by atoms with van der Waals surface area (Å²) in [7, 11) is 0. The lowest BCUT2D eigenvalue weighted by Crippen LogP contribution is -2.27. The quantitative estimate of drug-likeness (QED) is 0.0650. The van der Waals surface area contributed by atoms with Crippen LogP contribution < -0.4 is 0 Å². The number of carbonyl (C=O) groups is 1. The van der Waals surface area contributed by atoms with Crippen molar-refractivity contribution in [1.82, 2.24) is 0 Å². The molecule has 0 aromatic carbocycles.